The third-order valence-corrected chi connectivity index (χ3v) is 5.96. The standard InChI is InChI=1S/C17H23N5OS/c23-17(15-10-18-16(24-15)12-21-7-1-2-8-21)22-9-3-4-13(11-22)14-5-6-19-20-14/h5-6,10,13H,1-4,7-9,11-12H2,(H,19,20)/t13-/m0/s1. The molecule has 2 aromatic heterocycles. The molecule has 1 N–H and O–H groups in total. The van der Waals surface area contributed by atoms with Crippen LogP contribution in [0.25, 0.3) is 0 Å². The summed E-state index contributed by atoms with van der Waals surface area (Å²) in [5, 5.41) is 8.14. The fraction of sp³-hybridized carbons (Fsp3) is 0.588. The normalized spacial score (nSPS) is 22.2. The van der Waals surface area contributed by atoms with Gasteiger partial charge in [0.2, 0.25) is 0 Å². The van der Waals surface area contributed by atoms with E-state index in [0.29, 0.717) is 5.92 Å². The van der Waals surface area contributed by atoms with Gasteiger partial charge in [0.15, 0.2) is 0 Å². The van der Waals surface area contributed by atoms with Gasteiger partial charge >= 0.3 is 0 Å². The fourth-order valence-corrected chi connectivity index (χ4v) is 4.61. The number of carbonyl (C=O) groups is 1. The van der Waals surface area contributed by atoms with Gasteiger partial charge in [-0.15, -0.1) is 11.3 Å². The molecule has 24 heavy (non-hydrogen) atoms. The van der Waals surface area contributed by atoms with Crippen LogP contribution in [0.4, 0.5) is 0 Å². The molecule has 128 valence electrons. The van der Waals surface area contributed by atoms with Crippen molar-refractivity contribution in [1.29, 1.82) is 0 Å². The maximum atomic E-state index is 12.8. The molecule has 2 aliphatic heterocycles. The summed E-state index contributed by atoms with van der Waals surface area (Å²) in [6, 6.07) is 2.01. The lowest BCUT2D eigenvalue weighted by atomic mass is 9.95. The molecule has 6 nitrogen and oxygen atoms in total. The number of hydrogen-bond acceptors (Lipinski definition) is 5. The summed E-state index contributed by atoms with van der Waals surface area (Å²) < 4.78 is 0. The maximum absolute atomic E-state index is 12.8. The predicted octanol–water partition coefficient (Wildman–Crippen LogP) is 2.48. The lowest BCUT2D eigenvalue weighted by Gasteiger charge is -2.31. The Bertz CT molecular complexity index is 677. The van der Waals surface area contributed by atoms with E-state index in [0.717, 1.165) is 61.1 Å². The number of amides is 1. The number of nitrogens with one attached hydrogen (secondary N) is 1. The molecular weight excluding hydrogens is 322 g/mol. The molecule has 2 aromatic rings. The maximum Gasteiger partial charge on any atom is 0.265 e. The van der Waals surface area contributed by atoms with Crippen molar-refractivity contribution in [2.24, 2.45) is 0 Å². The van der Waals surface area contributed by atoms with E-state index in [-0.39, 0.29) is 5.91 Å². The smallest absolute Gasteiger partial charge is 0.265 e. The van der Waals surface area contributed by atoms with Crippen LogP contribution >= 0.6 is 11.3 Å². The Hall–Kier alpha value is -1.73. The van der Waals surface area contributed by atoms with E-state index in [9.17, 15) is 4.79 Å². The highest BCUT2D eigenvalue weighted by Crippen LogP contribution is 2.27. The first-order valence-corrected chi connectivity index (χ1v) is 9.57. The third kappa shape index (κ3) is 3.37. The second-order valence-corrected chi connectivity index (χ2v) is 7.82. The minimum Gasteiger partial charge on any atom is -0.337 e. The van der Waals surface area contributed by atoms with Gasteiger partial charge < -0.3 is 4.90 Å². The number of thiazole rings is 1. The summed E-state index contributed by atoms with van der Waals surface area (Å²) in [4.78, 5) is 22.5. The zero-order chi connectivity index (χ0) is 16.4. The van der Waals surface area contributed by atoms with E-state index in [2.05, 4.69) is 20.1 Å². The quantitative estimate of drug-likeness (QED) is 0.924. The molecule has 1 amide bonds. The molecule has 2 aliphatic rings. The summed E-state index contributed by atoms with van der Waals surface area (Å²) in [5.74, 6) is 0.492. The number of piperidine rings is 1. The van der Waals surface area contributed by atoms with Gasteiger partial charge in [0.1, 0.15) is 9.88 Å². The summed E-state index contributed by atoms with van der Waals surface area (Å²) in [6.07, 6.45) is 8.24. The van der Waals surface area contributed by atoms with Crippen LogP contribution in [-0.2, 0) is 6.54 Å². The SMILES string of the molecule is O=C(c1cnc(CN2CCCC2)s1)N1CCC[C@H](c2ccn[nH]2)C1. The summed E-state index contributed by atoms with van der Waals surface area (Å²) >= 11 is 1.56. The van der Waals surface area contributed by atoms with Crippen molar-refractivity contribution >= 4 is 17.2 Å². The fourth-order valence-electron chi connectivity index (χ4n) is 3.68. The molecular formula is C17H23N5OS. The van der Waals surface area contributed by atoms with Gasteiger partial charge in [0, 0.05) is 30.9 Å². The van der Waals surface area contributed by atoms with Crippen LogP contribution in [0.2, 0.25) is 0 Å². The van der Waals surface area contributed by atoms with E-state index in [4.69, 9.17) is 0 Å². The summed E-state index contributed by atoms with van der Waals surface area (Å²) in [6.45, 7) is 4.79. The Labute approximate surface area is 145 Å². The molecule has 2 fully saturated rings. The lowest BCUT2D eigenvalue weighted by molar-refractivity contribution is 0.0710. The van der Waals surface area contributed by atoms with E-state index in [1.54, 1.807) is 23.7 Å². The zero-order valence-corrected chi connectivity index (χ0v) is 14.6. The number of H-pyrrole nitrogens is 1. The number of carbonyl (C=O) groups excluding carboxylic acids is 1. The molecule has 2 saturated heterocycles. The highest BCUT2D eigenvalue weighted by Gasteiger charge is 2.27. The van der Waals surface area contributed by atoms with E-state index < -0.39 is 0 Å². The van der Waals surface area contributed by atoms with Crippen molar-refractivity contribution in [3.8, 4) is 0 Å². The summed E-state index contributed by atoms with van der Waals surface area (Å²) in [7, 11) is 0. The minimum absolute atomic E-state index is 0.129. The number of hydrogen-bond donors (Lipinski definition) is 1. The molecule has 0 aliphatic carbocycles. The third-order valence-electron chi connectivity index (χ3n) is 4.99. The average Bonchev–Trinajstić information content (AvgIpc) is 3.37. The molecule has 1 atom stereocenters. The predicted molar refractivity (Wildman–Crippen MR) is 93.1 cm³/mol. The topological polar surface area (TPSA) is 65.1 Å². The molecule has 0 bridgehead atoms. The largest absolute Gasteiger partial charge is 0.337 e. The van der Waals surface area contributed by atoms with Gasteiger partial charge in [0.05, 0.1) is 12.7 Å². The van der Waals surface area contributed by atoms with Crippen LogP contribution in [0.1, 0.15) is 52.0 Å². The van der Waals surface area contributed by atoms with Gasteiger partial charge in [-0.1, -0.05) is 0 Å². The monoisotopic (exact) mass is 345 g/mol. The first-order valence-electron chi connectivity index (χ1n) is 8.75. The van der Waals surface area contributed by atoms with Gasteiger partial charge in [-0.3, -0.25) is 14.8 Å². The number of nitrogens with zero attached hydrogens (tertiary/aromatic N) is 4. The van der Waals surface area contributed by atoms with Crippen LogP contribution in [0.3, 0.4) is 0 Å². The second-order valence-electron chi connectivity index (χ2n) is 6.70. The van der Waals surface area contributed by atoms with E-state index >= 15 is 0 Å². The minimum atomic E-state index is 0.129. The molecule has 0 radical (unpaired) electrons. The zero-order valence-electron chi connectivity index (χ0n) is 13.8. The van der Waals surface area contributed by atoms with Crippen LogP contribution in [0.15, 0.2) is 18.5 Å². The highest BCUT2D eigenvalue weighted by atomic mass is 32.1. The molecule has 0 saturated carbocycles. The van der Waals surface area contributed by atoms with Crippen molar-refractivity contribution in [3.63, 3.8) is 0 Å². The van der Waals surface area contributed by atoms with E-state index in [1.807, 2.05) is 11.0 Å². The van der Waals surface area contributed by atoms with Crippen LogP contribution < -0.4 is 0 Å². The highest BCUT2D eigenvalue weighted by molar-refractivity contribution is 7.13. The first kappa shape index (κ1) is 15.8. The Morgan fingerprint density at radius 2 is 2.17 bits per heavy atom. The van der Waals surface area contributed by atoms with Crippen LogP contribution in [0, 0.1) is 0 Å². The molecule has 7 heteroatoms. The van der Waals surface area contributed by atoms with Crippen LogP contribution in [0.5, 0.6) is 0 Å². The number of aromatic amines is 1. The summed E-state index contributed by atoms with van der Waals surface area (Å²) in [5.41, 5.74) is 1.13. The Kier molecular flexibility index (Phi) is 4.62. The van der Waals surface area contributed by atoms with Crippen molar-refractivity contribution in [3.05, 3.63) is 34.0 Å². The van der Waals surface area contributed by atoms with Crippen LogP contribution in [-0.4, -0.2) is 57.1 Å². The van der Waals surface area contributed by atoms with Gasteiger partial charge in [-0.25, -0.2) is 4.98 Å². The van der Waals surface area contributed by atoms with Crippen molar-refractivity contribution in [1.82, 2.24) is 25.0 Å². The van der Waals surface area contributed by atoms with Gasteiger partial charge in [-0.2, -0.15) is 5.10 Å². The molecule has 0 spiro atoms. The van der Waals surface area contributed by atoms with Gasteiger partial charge in [0.25, 0.3) is 5.91 Å². The first-order chi connectivity index (χ1) is 11.8. The average molecular weight is 345 g/mol. The second kappa shape index (κ2) is 7.03. The van der Waals surface area contributed by atoms with Crippen molar-refractivity contribution in [2.75, 3.05) is 26.2 Å². The Morgan fingerprint density at radius 1 is 1.29 bits per heavy atom. The number of likely N-dealkylation sites (tertiary alicyclic amines) is 2. The van der Waals surface area contributed by atoms with Crippen molar-refractivity contribution in [2.45, 2.75) is 38.1 Å². The lowest BCUT2D eigenvalue weighted by Crippen LogP contribution is -2.38. The molecule has 0 aromatic carbocycles. The van der Waals surface area contributed by atoms with Crippen molar-refractivity contribution < 1.29 is 4.79 Å². The van der Waals surface area contributed by atoms with Gasteiger partial charge in [-0.05, 0) is 44.8 Å². The molecule has 4 heterocycles. The molecule has 4 rings (SSSR count). The van der Waals surface area contributed by atoms with E-state index in [1.165, 1.54) is 12.8 Å². The number of aromatic nitrogens is 3. The Balaban J connectivity index is 1.40. The number of rotatable bonds is 4. The molecule has 0 unspecified atom stereocenters. The Morgan fingerprint density at radius 3 is 2.96 bits per heavy atom.